The standard InChI is InChI=1S/C13H26N2S/c1-3-16-12-5-4-11(8-12)15-7-6-13(14)10(2)9-15/h10-13H,3-9,14H2,1-2H3. The summed E-state index contributed by atoms with van der Waals surface area (Å²) in [6.07, 6.45) is 5.46. The van der Waals surface area contributed by atoms with E-state index in [2.05, 4.69) is 30.5 Å². The van der Waals surface area contributed by atoms with Crippen LogP contribution in [0.4, 0.5) is 0 Å². The summed E-state index contributed by atoms with van der Waals surface area (Å²) in [6, 6.07) is 1.30. The molecular formula is C13H26N2S. The Bertz CT molecular complexity index is 222. The maximum absolute atomic E-state index is 6.08. The Labute approximate surface area is 104 Å². The van der Waals surface area contributed by atoms with E-state index in [-0.39, 0.29) is 0 Å². The Kier molecular flexibility index (Phi) is 4.57. The van der Waals surface area contributed by atoms with Gasteiger partial charge in [0.2, 0.25) is 0 Å². The first-order valence-electron chi connectivity index (χ1n) is 6.82. The van der Waals surface area contributed by atoms with Crippen molar-refractivity contribution < 1.29 is 0 Å². The van der Waals surface area contributed by atoms with Crippen molar-refractivity contribution in [3.8, 4) is 0 Å². The molecule has 94 valence electrons. The molecule has 3 heteroatoms. The van der Waals surface area contributed by atoms with Crippen molar-refractivity contribution in [2.45, 2.75) is 56.9 Å². The van der Waals surface area contributed by atoms with E-state index in [1.54, 1.807) is 0 Å². The summed E-state index contributed by atoms with van der Waals surface area (Å²) >= 11 is 2.16. The third kappa shape index (κ3) is 2.93. The molecule has 2 rings (SSSR count). The molecular weight excluding hydrogens is 216 g/mol. The molecule has 2 fully saturated rings. The summed E-state index contributed by atoms with van der Waals surface area (Å²) in [5.41, 5.74) is 6.08. The van der Waals surface area contributed by atoms with Crippen molar-refractivity contribution in [2.24, 2.45) is 11.7 Å². The molecule has 2 aliphatic rings. The van der Waals surface area contributed by atoms with Crippen LogP contribution in [-0.2, 0) is 0 Å². The van der Waals surface area contributed by atoms with Crippen molar-refractivity contribution in [3.63, 3.8) is 0 Å². The SMILES string of the molecule is CCSC1CCC(N2CCC(N)C(C)C2)C1. The Balaban J connectivity index is 1.81. The highest BCUT2D eigenvalue weighted by molar-refractivity contribution is 7.99. The second-order valence-electron chi connectivity index (χ2n) is 5.47. The summed E-state index contributed by atoms with van der Waals surface area (Å²) in [4.78, 5) is 2.71. The normalized spacial score (nSPS) is 41.4. The maximum atomic E-state index is 6.08. The number of piperidine rings is 1. The predicted octanol–water partition coefficient (Wildman–Crippen LogP) is 2.33. The molecule has 0 amide bonds. The lowest BCUT2D eigenvalue weighted by atomic mass is 9.93. The highest BCUT2D eigenvalue weighted by atomic mass is 32.2. The molecule has 2 N–H and O–H groups in total. The molecule has 1 aliphatic carbocycles. The van der Waals surface area contributed by atoms with Gasteiger partial charge in [-0.1, -0.05) is 13.8 Å². The fourth-order valence-corrected chi connectivity index (χ4v) is 4.30. The lowest BCUT2D eigenvalue weighted by molar-refractivity contribution is 0.118. The number of rotatable bonds is 3. The molecule has 4 atom stereocenters. The van der Waals surface area contributed by atoms with Crippen LogP contribution < -0.4 is 5.73 Å². The van der Waals surface area contributed by atoms with Crippen LogP contribution >= 0.6 is 11.8 Å². The quantitative estimate of drug-likeness (QED) is 0.823. The first-order valence-corrected chi connectivity index (χ1v) is 7.86. The van der Waals surface area contributed by atoms with Crippen LogP contribution in [-0.4, -0.2) is 41.1 Å². The smallest absolute Gasteiger partial charge is 0.0106 e. The van der Waals surface area contributed by atoms with Gasteiger partial charge < -0.3 is 5.73 Å². The molecule has 16 heavy (non-hydrogen) atoms. The van der Waals surface area contributed by atoms with Crippen molar-refractivity contribution in [2.75, 3.05) is 18.8 Å². The summed E-state index contributed by atoms with van der Waals surface area (Å²) in [7, 11) is 0. The predicted molar refractivity (Wildman–Crippen MR) is 72.9 cm³/mol. The monoisotopic (exact) mass is 242 g/mol. The Morgan fingerprint density at radius 2 is 2.12 bits per heavy atom. The van der Waals surface area contributed by atoms with Gasteiger partial charge in [-0.25, -0.2) is 0 Å². The molecule has 0 radical (unpaired) electrons. The van der Waals surface area contributed by atoms with Gasteiger partial charge >= 0.3 is 0 Å². The van der Waals surface area contributed by atoms with E-state index >= 15 is 0 Å². The minimum Gasteiger partial charge on any atom is -0.327 e. The molecule has 1 saturated heterocycles. The highest BCUT2D eigenvalue weighted by Gasteiger charge is 2.33. The van der Waals surface area contributed by atoms with E-state index < -0.39 is 0 Å². The number of hydrogen-bond donors (Lipinski definition) is 1. The lowest BCUT2D eigenvalue weighted by Crippen LogP contribution is -2.49. The lowest BCUT2D eigenvalue weighted by Gasteiger charge is -2.38. The first-order chi connectivity index (χ1) is 7.70. The number of hydrogen-bond acceptors (Lipinski definition) is 3. The minimum atomic E-state index is 0.443. The molecule has 1 heterocycles. The first kappa shape index (κ1) is 12.7. The van der Waals surface area contributed by atoms with Gasteiger partial charge in [-0.15, -0.1) is 0 Å². The summed E-state index contributed by atoms with van der Waals surface area (Å²) < 4.78 is 0. The topological polar surface area (TPSA) is 29.3 Å². The van der Waals surface area contributed by atoms with Crippen LogP contribution in [0.1, 0.15) is 39.5 Å². The maximum Gasteiger partial charge on any atom is 0.0106 e. The van der Waals surface area contributed by atoms with Crippen LogP contribution in [0.5, 0.6) is 0 Å². The molecule has 0 spiro atoms. The summed E-state index contributed by atoms with van der Waals surface area (Å²) in [5, 5.41) is 0.931. The minimum absolute atomic E-state index is 0.443. The van der Waals surface area contributed by atoms with Crippen molar-refractivity contribution in [1.82, 2.24) is 4.90 Å². The highest BCUT2D eigenvalue weighted by Crippen LogP contribution is 2.34. The van der Waals surface area contributed by atoms with E-state index in [0.29, 0.717) is 12.0 Å². The van der Waals surface area contributed by atoms with Gasteiger partial charge in [-0.2, -0.15) is 11.8 Å². The molecule has 0 bridgehead atoms. The molecule has 1 aliphatic heterocycles. The number of nitrogens with two attached hydrogens (primary N) is 1. The fraction of sp³-hybridized carbons (Fsp3) is 1.00. The van der Waals surface area contributed by atoms with Crippen LogP contribution in [0.25, 0.3) is 0 Å². The number of nitrogens with zero attached hydrogens (tertiary/aromatic N) is 1. The van der Waals surface area contributed by atoms with Crippen molar-refractivity contribution in [1.29, 1.82) is 0 Å². The van der Waals surface area contributed by atoms with Gasteiger partial charge in [0.15, 0.2) is 0 Å². The zero-order chi connectivity index (χ0) is 11.5. The van der Waals surface area contributed by atoms with E-state index in [4.69, 9.17) is 5.73 Å². The molecule has 2 nitrogen and oxygen atoms in total. The van der Waals surface area contributed by atoms with E-state index in [1.807, 2.05) is 0 Å². The molecule has 0 aromatic carbocycles. The van der Waals surface area contributed by atoms with Crippen LogP contribution in [0.3, 0.4) is 0 Å². The van der Waals surface area contributed by atoms with Gasteiger partial charge in [0.25, 0.3) is 0 Å². The van der Waals surface area contributed by atoms with Crippen LogP contribution in [0, 0.1) is 5.92 Å². The van der Waals surface area contributed by atoms with Crippen LogP contribution in [0.2, 0.25) is 0 Å². The fourth-order valence-electron chi connectivity index (χ4n) is 3.16. The second-order valence-corrected chi connectivity index (χ2v) is 7.05. The Hall–Kier alpha value is 0.270. The molecule has 4 unspecified atom stereocenters. The van der Waals surface area contributed by atoms with Crippen molar-refractivity contribution in [3.05, 3.63) is 0 Å². The molecule has 0 aromatic heterocycles. The third-order valence-electron chi connectivity index (χ3n) is 4.28. The van der Waals surface area contributed by atoms with Gasteiger partial charge in [-0.05, 0) is 43.9 Å². The largest absolute Gasteiger partial charge is 0.327 e. The van der Waals surface area contributed by atoms with Gasteiger partial charge in [0.1, 0.15) is 0 Å². The summed E-state index contributed by atoms with van der Waals surface area (Å²) in [5.74, 6) is 1.96. The third-order valence-corrected chi connectivity index (χ3v) is 5.51. The average molecular weight is 242 g/mol. The zero-order valence-corrected chi connectivity index (χ0v) is 11.5. The van der Waals surface area contributed by atoms with Gasteiger partial charge in [0.05, 0.1) is 0 Å². The number of likely N-dealkylation sites (tertiary alicyclic amines) is 1. The van der Waals surface area contributed by atoms with Crippen molar-refractivity contribution >= 4 is 11.8 Å². The molecule has 0 aromatic rings. The van der Waals surface area contributed by atoms with E-state index in [1.165, 1.54) is 44.5 Å². The Morgan fingerprint density at radius 3 is 2.81 bits per heavy atom. The van der Waals surface area contributed by atoms with E-state index in [0.717, 1.165) is 11.3 Å². The van der Waals surface area contributed by atoms with E-state index in [9.17, 15) is 0 Å². The second kappa shape index (κ2) is 5.74. The Morgan fingerprint density at radius 1 is 1.31 bits per heavy atom. The van der Waals surface area contributed by atoms with Crippen LogP contribution in [0.15, 0.2) is 0 Å². The average Bonchev–Trinajstić information content (AvgIpc) is 2.71. The van der Waals surface area contributed by atoms with Gasteiger partial charge in [0, 0.05) is 23.9 Å². The number of thioether (sulfide) groups is 1. The van der Waals surface area contributed by atoms with Gasteiger partial charge in [-0.3, -0.25) is 4.90 Å². The molecule has 1 saturated carbocycles. The zero-order valence-electron chi connectivity index (χ0n) is 10.7. The summed E-state index contributed by atoms with van der Waals surface area (Å²) in [6.45, 7) is 7.05.